The number of aryl methyl sites for hydroxylation is 2. The lowest BCUT2D eigenvalue weighted by Crippen LogP contribution is -2.16. The fraction of sp³-hybridized carbons (Fsp3) is 0.200. The highest BCUT2D eigenvalue weighted by atomic mass is 14.9. The normalized spacial score (nSPS) is 19.9. The molecule has 4 aromatic carbocycles. The van der Waals surface area contributed by atoms with Gasteiger partial charge in [0, 0.05) is 33.0 Å². The maximum absolute atomic E-state index is 5.58. The van der Waals surface area contributed by atoms with Crippen molar-refractivity contribution in [3.05, 3.63) is 132 Å². The van der Waals surface area contributed by atoms with Gasteiger partial charge >= 0.3 is 0 Å². The molecule has 210 valence electrons. The molecule has 43 heavy (non-hydrogen) atoms. The molecule has 0 saturated heterocycles. The summed E-state index contributed by atoms with van der Waals surface area (Å²) in [6, 6.07) is 26.3. The number of pyridine rings is 2. The van der Waals surface area contributed by atoms with E-state index in [1.807, 2.05) is 12.3 Å². The summed E-state index contributed by atoms with van der Waals surface area (Å²) in [6.45, 7) is 6.99. The van der Waals surface area contributed by atoms with Crippen LogP contribution in [0, 0.1) is 19.8 Å². The highest BCUT2D eigenvalue weighted by molar-refractivity contribution is 6.23. The average Bonchev–Trinajstić information content (AvgIpc) is 3.06. The van der Waals surface area contributed by atoms with Gasteiger partial charge in [0.15, 0.2) is 0 Å². The van der Waals surface area contributed by atoms with Crippen LogP contribution in [0.3, 0.4) is 0 Å². The van der Waals surface area contributed by atoms with Gasteiger partial charge in [-0.25, -0.2) is 4.98 Å². The van der Waals surface area contributed by atoms with Crippen LogP contribution in [-0.4, -0.2) is 9.97 Å². The smallest absolute Gasteiger partial charge is 0.0791 e. The number of aromatic nitrogens is 2. The highest BCUT2D eigenvalue weighted by Gasteiger charge is 2.28. The van der Waals surface area contributed by atoms with E-state index < -0.39 is 0 Å². The third-order valence-electron chi connectivity index (χ3n) is 9.69. The summed E-state index contributed by atoms with van der Waals surface area (Å²) in [6.07, 6.45) is 15.3. The van der Waals surface area contributed by atoms with Crippen molar-refractivity contribution in [1.82, 2.24) is 15.3 Å². The van der Waals surface area contributed by atoms with Crippen molar-refractivity contribution < 1.29 is 0 Å². The van der Waals surface area contributed by atoms with Crippen molar-refractivity contribution >= 4 is 43.4 Å². The molecule has 0 radical (unpaired) electrons. The molecule has 2 aliphatic rings. The summed E-state index contributed by atoms with van der Waals surface area (Å²) in [4.78, 5) is 10.9. The van der Waals surface area contributed by atoms with Gasteiger partial charge in [-0.05, 0) is 84.5 Å². The molecule has 3 nitrogen and oxygen atoms in total. The van der Waals surface area contributed by atoms with E-state index in [1.54, 1.807) is 0 Å². The molecule has 3 unspecified atom stereocenters. The summed E-state index contributed by atoms with van der Waals surface area (Å²) in [5, 5.41) is 11.1. The summed E-state index contributed by atoms with van der Waals surface area (Å²) in [5.74, 6) is 0.802. The van der Waals surface area contributed by atoms with Gasteiger partial charge in [-0.3, -0.25) is 4.98 Å². The lowest BCUT2D eigenvalue weighted by molar-refractivity contribution is 0.486. The Bertz CT molecular complexity index is 2150. The first-order valence-corrected chi connectivity index (χ1v) is 15.5. The SMILES string of the molecule is Cc1c2c(C3CCC=CC3C)nc3cc(C4C=CC=CN4)ccc3c2c(C)c2c(-c3ccccc3)nc3ccccc3c12. The van der Waals surface area contributed by atoms with Crippen molar-refractivity contribution in [1.29, 1.82) is 0 Å². The Hall–Kier alpha value is -4.76. The Balaban J connectivity index is 1.55. The quantitative estimate of drug-likeness (QED) is 0.134. The Morgan fingerprint density at radius 3 is 2.30 bits per heavy atom. The van der Waals surface area contributed by atoms with E-state index in [2.05, 4.69) is 123 Å². The van der Waals surface area contributed by atoms with Crippen LogP contribution in [-0.2, 0) is 0 Å². The van der Waals surface area contributed by atoms with E-state index in [0.29, 0.717) is 11.8 Å². The molecule has 6 aromatic rings. The number of nitrogens with one attached hydrogen (secondary N) is 1. The van der Waals surface area contributed by atoms with Crippen molar-refractivity contribution in [2.24, 2.45) is 5.92 Å². The molecule has 0 saturated carbocycles. The highest BCUT2D eigenvalue weighted by Crippen LogP contribution is 2.46. The van der Waals surface area contributed by atoms with Crippen molar-refractivity contribution in [2.45, 2.75) is 45.6 Å². The molecule has 3 heterocycles. The molecule has 8 rings (SSSR count). The van der Waals surface area contributed by atoms with Gasteiger partial charge in [-0.2, -0.15) is 0 Å². The molecule has 1 aliphatic heterocycles. The van der Waals surface area contributed by atoms with Crippen LogP contribution >= 0.6 is 0 Å². The van der Waals surface area contributed by atoms with E-state index >= 15 is 0 Å². The van der Waals surface area contributed by atoms with Gasteiger partial charge in [0.05, 0.1) is 28.5 Å². The molecule has 0 spiro atoms. The van der Waals surface area contributed by atoms with Gasteiger partial charge in [0.2, 0.25) is 0 Å². The standard InChI is InChI=1S/C40H35N3/c1-24-13-7-8-16-29(24)40-38-26(3)35-30-17-9-10-19-33(30)42-39(27-14-5-4-6-15-27)37(35)25(2)36(38)31-21-20-28(23-34(31)43-40)32-18-11-12-22-41-32/h4-7,9-15,17-24,29,32,41H,8,16H2,1-3H3. The van der Waals surface area contributed by atoms with Gasteiger partial charge in [-0.15, -0.1) is 0 Å². The van der Waals surface area contributed by atoms with Crippen molar-refractivity contribution in [2.75, 3.05) is 0 Å². The largest absolute Gasteiger partial charge is 0.381 e. The average molecular weight is 558 g/mol. The molecule has 0 fully saturated rings. The van der Waals surface area contributed by atoms with Crippen molar-refractivity contribution in [3.8, 4) is 11.3 Å². The second-order valence-corrected chi connectivity index (χ2v) is 12.2. The Morgan fingerprint density at radius 2 is 1.49 bits per heavy atom. The summed E-state index contributed by atoms with van der Waals surface area (Å²) in [5.41, 5.74) is 9.38. The van der Waals surface area contributed by atoms with Crippen LogP contribution in [0.1, 0.15) is 54.1 Å². The third-order valence-corrected chi connectivity index (χ3v) is 9.69. The number of rotatable bonds is 3. The molecule has 2 aromatic heterocycles. The lowest BCUT2D eigenvalue weighted by atomic mass is 9.78. The van der Waals surface area contributed by atoms with Gasteiger partial charge in [-0.1, -0.05) is 91.9 Å². The predicted molar refractivity (Wildman–Crippen MR) is 181 cm³/mol. The van der Waals surface area contributed by atoms with Crippen molar-refractivity contribution in [3.63, 3.8) is 0 Å². The number of hydrogen-bond donors (Lipinski definition) is 1. The number of fused-ring (bicyclic) bond motifs is 6. The predicted octanol–water partition coefficient (Wildman–Crippen LogP) is 10.2. The van der Waals surface area contributed by atoms with Gasteiger partial charge in [0.1, 0.15) is 0 Å². The van der Waals surface area contributed by atoms with Crippen LogP contribution in [0.25, 0.3) is 54.6 Å². The maximum atomic E-state index is 5.58. The summed E-state index contributed by atoms with van der Waals surface area (Å²) < 4.78 is 0. The molecule has 1 N–H and O–H groups in total. The van der Waals surface area contributed by atoms with Gasteiger partial charge in [0.25, 0.3) is 0 Å². The van der Waals surface area contributed by atoms with Gasteiger partial charge < -0.3 is 5.32 Å². The van der Waals surface area contributed by atoms with Crippen LogP contribution in [0.5, 0.6) is 0 Å². The van der Waals surface area contributed by atoms with E-state index in [-0.39, 0.29) is 6.04 Å². The first-order valence-electron chi connectivity index (χ1n) is 15.5. The van der Waals surface area contributed by atoms with Crippen LogP contribution < -0.4 is 5.32 Å². The Kier molecular flexibility index (Phi) is 6.15. The topological polar surface area (TPSA) is 37.8 Å². The number of benzene rings is 4. The van der Waals surface area contributed by atoms with Crippen LogP contribution in [0.15, 0.2) is 109 Å². The maximum Gasteiger partial charge on any atom is 0.0791 e. The number of para-hydroxylation sites is 1. The van der Waals surface area contributed by atoms with Crippen LogP contribution in [0.2, 0.25) is 0 Å². The number of hydrogen-bond acceptors (Lipinski definition) is 3. The zero-order valence-electron chi connectivity index (χ0n) is 24.9. The zero-order valence-corrected chi connectivity index (χ0v) is 24.9. The van der Waals surface area contributed by atoms with Crippen LogP contribution in [0.4, 0.5) is 0 Å². The number of nitrogens with zero attached hydrogens (tertiary/aromatic N) is 2. The Morgan fingerprint density at radius 1 is 0.721 bits per heavy atom. The molecule has 3 atom stereocenters. The molecule has 0 amide bonds. The van der Waals surface area contributed by atoms with E-state index in [1.165, 1.54) is 54.7 Å². The fourth-order valence-corrected chi connectivity index (χ4v) is 7.58. The third kappa shape index (κ3) is 4.10. The summed E-state index contributed by atoms with van der Waals surface area (Å²) >= 11 is 0. The number of dihydropyridines is 1. The molecule has 3 heteroatoms. The Labute approximate surface area is 252 Å². The minimum Gasteiger partial charge on any atom is -0.381 e. The zero-order chi connectivity index (χ0) is 29.1. The lowest BCUT2D eigenvalue weighted by Gasteiger charge is -2.28. The minimum absolute atomic E-state index is 0.145. The van der Waals surface area contributed by atoms with E-state index in [4.69, 9.17) is 9.97 Å². The molecule has 0 bridgehead atoms. The summed E-state index contributed by atoms with van der Waals surface area (Å²) in [7, 11) is 0. The first-order chi connectivity index (χ1) is 21.1. The minimum atomic E-state index is 0.145. The first kappa shape index (κ1) is 25.9. The number of allylic oxidation sites excluding steroid dienone is 4. The fourth-order valence-electron chi connectivity index (χ4n) is 7.58. The second kappa shape index (κ2) is 10.2. The van der Waals surface area contributed by atoms with E-state index in [9.17, 15) is 0 Å². The second-order valence-electron chi connectivity index (χ2n) is 12.2. The molecular weight excluding hydrogens is 522 g/mol. The molecular formula is C40H35N3. The molecule has 1 aliphatic carbocycles. The van der Waals surface area contributed by atoms with E-state index in [0.717, 1.165) is 35.1 Å². The monoisotopic (exact) mass is 557 g/mol.